The third kappa shape index (κ3) is 21.4. The van der Waals surface area contributed by atoms with E-state index in [1.54, 1.807) is 182 Å². The number of carbonyl (C=O) groups excluding carboxylic acids is 10. The zero-order chi connectivity index (χ0) is 75.8. The lowest BCUT2D eigenvalue weighted by atomic mass is 9.81. The predicted molar refractivity (Wildman–Crippen MR) is 403 cm³/mol. The van der Waals surface area contributed by atoms with E-state index in [0.29, 0.717) is 33.6 Å². The number of rotatable bonds is 34. The van der Waals surface area contributed by atoms with Gasteiger partial charge < -0.3 is 62.2 Å². The second-order valence-electron chi connectivity index (χ2n) is 26.7. The Balaban J connectivity index is 0.974. The second kappa shape index (κ2) is 37.7. The zero-order valence-corrected chi connectivity index (χ0v) is 60.0. The highest BCUT2D eigenvalue weighted by Crippen LogP contribution is 2.42. The van der Waals surface area contributed by atoms with Gasteiger partial charge in [0.15, 0.2) is 0 Å². The number of nitrogens with one attached hydrogen (secondary N) is 8. The van der Waals surface area contributed by atoms with Crippen LogP contribution in [0.2, 0.25) is 0 Å². The average molecular weight is 1440 g/mol. The normalized spacial score (nSPS) is 13.2. The third-order valence-corrected chi connectivity index (χ3v) is 17.8. The number of nitrogens with zero attached hydrogens (tertiary/aromatic N) is 2. The van der Waals surface area contributed by atoms with E-state index in [9.17, 15) is 58.2 Å². The number of phenols is 2. The van der Waals surface area contributed by atoms with Gasteiger partial charge in [-0.2, -0.15) is 0 Å². The fraction of sp³-hybridized carbons (Fsp3) is 0.293. The predicted octanol–water partition coefficient (Wildman–Crippen LogP) is 10.5. The minimum atomic E-state index is -1.36. The summed E-state index contributed by atoms with van der Waals surface area (Å²) >= 11 is 0. The van der Waals surface area contributed by atoms with Crippen molar-refractivity contribution in [2.75, 3.05) is 47.4 Å². The lowest BCUT2D eigenvalue weighted by Crippen LogP contribution is -2.57. The number of hydrogen-bond donors (Lipinski definition) is 10. The van der Waals surface area contributed by atoms with E-state index in [2.05, 4.69) is 42.5 Å². The van der Waals surface area contributed by atoms with Crippen LogP contribution in [0.25, 0.3) is 0 Å². The number of aromatic hydroxyl groups is 2. The first kappa shape index (κ1) is 77.8. The minimum Gasteiger partial charge on any atom is -0.507 e. The summed E-state index contributed by atoms with van der Waals surface area (Å²) in [5.41, 5.74) is 2.20. The molecule has 24 nitrogen and oxygen atoms in total. The van der Waals surface area contributed by atoms with Crippen molar-refractivity contribution < 1.29 is 67.6 Å². The summed E-state index contributed by atoms with van der Waals surface area (Å²) < 4.78 is 11.6. The molecule has 8 amide bonds. The first-order valence-corrected chi connectivity index (χ1v) is 35.3. The fourth-order valence-corrected chi connectivity index (χ4v) is 12.2. The van der Waals surface area contributed by atoms with E-state index in [1.165, 1.54) is 26.0 Å². The van der Waals surface area contributed by atoms with Gasteiger partial charge in [0.2, 0.25) is 47.0 Å². The highest BCUT2D eigenvalue weighted by molar-refractivity contribution is 6.33. The number of phenolic OH excluding ortho intramolecular Hbond substituents is 2. The van der Waals surface area contributed by atoms with Gasteiger partial charge in [-0.3, -0.25) is 48.2 Å². The number of benzene rings is 8. The van der Waals surface area contributed by atoms with E-state index in [4.69, 9.17) is 9.47 Å². The molecular formula is C82H90N10O14. The van der Waals surface area contributed by atoms with Crippen LogP contribution in [0.5, 0.6) is 11.5 Å². The monoisotopic (exact) mass is 1440 g/mol. The van der Waals surface area contributed by atoms with Crippen LogP contribution in [0.3, 0.4) is 0 Å². The third-order valence-electron chi connectivity index (χ3n) is 17.8. The van der Waals surface area contributed by atoms with E-state index >= 15 is 0 Å². The maximum absolute atomic E-state index is 15.0. The number of ether oxygens (including phenoxy) is 2. The molecule has 0 aromatic heterocycles. The molecule has 0 spiro atoms. The van der Waals surface area contributed by atoms with E-state index in [-0.39, 0.29) is 99.4 Å². The number of ketones is 2. The molecule has 24 heteroatoms. The smallest absolute Gasteiger partial charge is 0.410 e. The quantitative estimate of drug-likeness (QED) is 0.0168. The summed E-state index contributed by atoms with van der Waals surface area (Å²) in [6.07, 6.45) is -1.37. The first-order valence-electron chi connectivity index (χ1n) is 35.3. The van der Waals surface area contributed by atoms with Gasteiger partial charge in [-0.15, -0.1) is 0 Å². The maximum Gasteiger partial charge on any atom is 0.410 e. The number of para-hydroxylation sites is 2. The van der Waals surface area contributed by atoms with Crippen molar-refractivity contribution >= 4 is 81.9 Å². The summed E-state index contributed by atoms with van der Waals surface area (Å²) in [6, 6.07) is 50.8. The molecule has 106 heavy (non-hydrogen) atoms. The summed E-state index contributed by atoms with van der Waals surface area (Å²) in [5, 5.41) is 45.9. The molecule has 8 aromatic rings. The van der Waals surface area contributed by atoms with Crippen LogP contribution in [-0.4, -0.2) is 142 Å². The van der Waals surface area contributed by atoms with Crippen LogP contribution < -0.4 is 42.5 Å². The average Bonchev–Trinajstić information content (AvgIpc) is 0.731. The Morgan fingerprint density at radius 3 is 0.981 bits per heavy atom. The van der Waals surface area contributed by atoms with Gasteiger partial charge in [0.05, 0.1) is 22.3 Å². The molecule has 1 aliphatic carbocycles. The van der Waals surface area contributed by atoms with Gasteiger partial charge in [-0.05, 0) is 109 Å². The Kier molecular flexibility index (Phi) is 27.7. The van der Waals surface area contributed by atoms with Crippen LogP contribution in [0.4, 0.5) is 32.3 Å². The number of anilines is 4. The Bertz CT molecular complexity index is 4090. The molecule has 1 aliphatic rings. The molecule has 0 aliphatic heterocycles. The zero-order valence-electron chi connectivity index (χ0n) is 60.0. The largest absolute Gasteiger partial charge is 0.507 e. The van der Waals surface area contributed by atoms with E-state index < -0.39 is 118 Å². The van der Waals surface area contributed by atoms with Gasteiger partial charge in [0.25, 0.3) is 0 Å². The van der Waals surface area contributed by atoms with E-state index in [0.717, 1.165) is 21.9 Å². The molecular weight excluding hydrogens is 1350 g/mol. The number of fused-ring (bicyclic) bond motifs is 2. The van der Waals surface area contributed by atoms with Crippen LogP contribution >= 0.6 is 0 Å². The second-order valence-corrected chi connectivity index (χ2v) is 26.7. The highest BCUT2D eigenvalue weighted by Gasteiger charge is 2.40. The lowest BCUT2D eigenvalue weighted by molar-refractivity contribution is -0.132. The Morgan fingerprint density at radius 1 is 0.358 bits per heavy atom. The molecule has 0 heterocycles. The van der Waals surface area contributed by atoms with Crippen molar-refractivity contribution in [3.05, 3.63) is 251 Å². The maximum atomic E-state index is 15.0. The van der Waals surface area contributed by atoms with Crippen LogP contribution in [-0.2, 0) is 64.3 Å². The molecule has 0 unspecified atom stereocenters. The number of hydrogen-bond acceptors (Lipinski definition) is 16. The summed E-state index contributed by atoms with van der Waals surface area (Å²) in [6.45, 7) is 9.06. The minimum absolute atomic E-state index is 0.00795. The van der Waals surface area contributed by atoms with Crippen molar-refractivity contribution in [3.63, 3.8) is 0 Å². The van der Waals surface area contributed by atoms with Gasteiger partial charge in [0.1, 0.15) is 61.0 Å². The topological polar surface area (TPSA) is 332 Å². The van der Waals surface area contributed by atoms with Gasteiger partial charge in [0, 0.05) is 61.8 Å². The Morgan fingerprint density at radius 2 is 0.660 bits per heavy atom. The first-order chi connectivity index (χ1) is 51.0. The van der Waals surface area contributed by atoms with Crippen LogP contribution in [0.15, 0.2) is 206 Å². The molecule has 9 rings (SSSR count). The number of amides is 8. The van der Waals surface area contributed by atoms with E-state index in [1.807, 2.05) is 27.7 Å². The summed E-state index contributed by atoms with van der Waals surface area (Å²) in [5.74, 6) is -6.86. The highest BCUT2D eigenvalue weighted by atomic mass is 16.6. The lowest BCUT2D eigenvalue weighted by Gasteiger charge is -2.31. The van der Waals surface area contributed by atoms with Gasteiger partial charge in [-0.1, -0.05) is 185 Å². The van der Waals surface area contributed by atoms with Crippen molar-refractivity contribution in [1.82, 2.24) is 31.1 Å². The number of carbonyl (C=O) groups is 10. The summed E-state index contributed by atoms with van der Waals surface area (Å²) in [4.78, 5) is 147. The fourth-order valence-electron chi connectivity index (χ4n) is 12.2. The van der Waals surface area contributed by atoms with Crippen LogP contribution in [0.1, 0.15) is 108 Å². The summed E-state index contributed by atoms with van der Waals surface area (Å²) in [7, 11) is 0. The Hall–Kier alpha value is -12.3. The molecule has 0 fully saturated rings. The van der Waals surface area contributed by atoms with Gasteiger partial charge >= 0.3 is 12.2 Å². The molecule has 0 bridgehead atoms. The molecule has 6 atom stereocenters. The molecule has 8 aromatic carbocycles. The van der Waals surface area contributed by atoms with Crippen molar-refractivity contribution in [3.8, 4) is 11.5 Å². The van der Waals surface area contributed by atoms with Crippen molar-refractivity contribution in [1.29, 1.82) is 0 Å². The standard InChI is InChI=1S/C82H90N10O14/c1-51(2)45-63(77(99)85-59-33-21-11-22-34-59)89-79(101)65(47-55-25-13-7-14-26-55)87-75(97)53(5)91(81(103)105-49-57-29-17-9-18-30-57)43-41-83-61-37-38-62(70-69(61)73(95)71-67(93)39-40-68(94)72(71)74(70)96)84-42-44-92(82(104)106-50-58-31-19-10-20-32-58)54(6)76(98)88-66(48-56-27-15-8-16-28-56)80(102)90-64(46-52(3)4)78(100)86-60-35-23-12-24-36-60/h7-40,51-54,63-66,83-84,93-94H,41-50H2,1-6H3,(H,85,99)(H,86,100)(H,87,97)(H,88,98)(H,89,101)(H,90,102)/t53-,54-,63-,64-,65-,66-/m0/s1. The van der Waals surface area contributed by atoms with Crippen molar-refractivity contribution in [2.45, 2.75) is 117 Å². The SMILES string of the molecule is CC(C)C[C@H](NC(=O)[C@H](Cc1ccccc1)NC(=O)[C@H](C)N(CCNc1ccc(NCCN(C(=O)OCc2ccccc2)[C@@H](C)C(=O)N[C@@H](Cc2ccccc2)C(=O)N[C@@H](CC(C)C)C(=O)Nc2ccccc2)c2c1C(=O)c1c(O)ccc(O)c1C2=O)C(=O)OCc1ccccc1)C(=O)Nc1ccccc1. The Labute approximate surface area is 616 Å². The molecule has 552 valence electrons. The molecule has 0 saturated carbocycles. The van der Waals surface area contributed by atoms with Gasteiger partial charge in [-0.25, -0.2) is 9.59 Å². The molecule has 0 saturated heterocycles. The van der Waals surface area contributed by atoms with Crippen molar-refractivity contribution in [2.24, 2.45) is 11.8 Å². The molecule has 0 radical (unpaired) electrons. The van der Waals surface area contributed by atoms with Crippen LogP contribution in [0, 0.1) is 11.8 Å². The molecule has 10 N–H and O–H groups in total.